The maximum atomic E-state index is 11.3. The first kappa shape index (κ1) is 26.5. The molecule has 0 aliphatic carbocycles. The number of aromatic hydroxyl groups is 1. The summed E-state index contributed by atoms with van der Waals surface area (Å²) >= 11 is 0. The first-order valence-corrected chi connectivity index (χ1v) is 17.6. The van der Waals surface area contributed by atoms with Gasteiger partial charge >= 0.3 is 0 Å². The molecule has 0 saturated carbocycles. The molecule has 4 nitrogen and oxygen atoms in total. The number of para-hydroxylation sites is 2. The molecule has 8 rings (SSSR count). The van der Waals surface area contributed by atoms with Crippen LogP contribution in [0.2, 0.25) is 0 Å². The first-order valence-electron chi connectivity index (χ1n) is 21.1. The summed E-state index contributed by atoms with van der Waals surface area (Å²) in [6.07, 6.45) is 1.56. The van der Waals surface area contributed by atoms with E-state index < -0.39 is 36.6 Å². The molecular weight excluding hydrogens is 647 g/mol. The van der Waals surface area contributed by atoms with Crippen molar-refractivity contribution < 1.29 is 14.7 Å². The van der Waals surface area contributed by atoms with E-state index in [1.54, 1.807) is 30.5 Å². The third-order valence-corrected chi connectivity index (χ3v) is 9.90. The van der Waals surface area contributed by atoms with Gasteiger partial charge in [-0.25, -0.2) is 4.98 Å². The Balaban J connectivity index is 1.35. The molecular formula is C49H43N3O. The van der Waals surface area contributed by atoms with Gasteiger partial charge in [0.25, 0.3) is 0 Å². The Hall–Kier alpha value is -6.26. The normalized spacial score (nSPS) is 13.8. The molecule has 0 aliphatic rings. The zero-order chi connectivity index (χ0) is 42.8. The van der Waals surface area contributed by atoms with E-state index in [4.69, 9.17) is 19.6 Å². The number of hydrogen-bond acceptors (Lipinski definition) is 3. The Morgan fingerprint density at radius 1 is 0.660 bits per heavy atom. The fourth-order valence-electron chi connectivity index (χ4n) is 6.89. The number of aryl methyl sites for hydroxylation is 1. The lowest BCUT2D eigenvalue weighted by Crippen LogP contribution is -2.11. The van der Waals surface area contributed by atoms with Gasteiger partial charge in [0.15, 0.2) is 0 Å². The van der Waals surface area contributed by atoms with Crippen molar-refractivity contribution in [2.24, 2.45) is 0 Å². The number of imidazole rings is 1. The molecule has 4 heteroatoms. The molecule has 0 fully saturated rings. The molecule has 1 N–H and O–H groups in total. The standard InChI is InChI=1S/C49H43N3O/c1-31-19-21-34(22-20-31)36-23-24-50-44(29-36)38-26-37(27-39(28-38)49(4,5)6)41-16-12-17-45-47(41)51-48(42-15-10-11-18-46(42)53)52(45)40-25-32(2)33(3)43(30-40)35-13-8-7-9-14-35/h7-30,53H,1-6H3/i1D3,19D,20D,21D,22D. The Kier molecular flexibility index (Phi) is 6.69. The zero-order valence-corrected chi connectivity index (χ0v) is 30.3. The van der Waals surface area contributed by atoms with Crippen molar-refractivity contribution in [3.63, 3.8) is 0 Å². The highest BCUT2D eigenvalue weighted by Gasteiger charge is 2.23. The number of benzene rings is 6. The molecule has 6 aromatic carbocycles. The quantitative estimate of drug-likeness (QED) is 0.188. The van der Waals surface area contributed by atoms with Crippen LogP contribution in [-0.4, -0.2) is 19.6 Å². The van der Waals surface area contributed by atoms with Gasteiger partial charge in [0, 0.05) is 27.1 Å². The van der Waals surface area contributed by atoms with Crippen molar-refractivity contribution in [2.45, 2.75) is 46.9 Å². The summed E-state index contributed by atoms with van der Waals surface area (Å²) in [5, 5.41) is 11.3. The number of fused-ring (bicyclic) bond motifs is 1. The number of hydrogen-bond donors (Lipinski definition) is 1. The maximum absolute atomic E-state index is 11.3. The largest absolute Gasteiger partial charge is 0.507 e. The van der Waals surface area contributed by atoms with Gasteiger partial charge in [-0.2, -0.15) is 0 Å². The fourth-order valence-corrected chi connectivity index (χ4v) is 6.89. The zero-order valence-electron chi connectivity index (χ0n) is 37.3. The maximum Gasteiger partial charge on any atom is 0.149 e. The van der Waals surface area contributed by atoms with Gasteiger partial charge in [0.05, 0.1) is 27.8 Å². The predicted octanol–water partition coefficient (Wildman–Crippen LogP) is 12.7. The van der Waals surface area contributed by atoms with Gasteiger partial charge in [-0.15, -0.1) is 0 Å². The van der Waals surface area contributed by atoms with Gasteiger partial charge in [0.2, 0.25) is 0 Å². The van der Waals surface area contributed by atoms with Gasteiger partial charge in [-0.05, 0) is 125 Å². The Bertz CT molecular complexity index is 2950. The van der Waals surface area contributed by atoms with E-state index in [1.165, 1.54) is 5.56 Å². The second kappa shape index (κ2) is 13.4. The van der Waals surface area contributed by atoms with Crippen LogP contribution in [0, 0.1) is 20.7 Å². The van der Waals surface area contributed by atoms with Crippen molar-refractivity contribution in [3.05, 3.63) is 168 Å². The first-order chi connectivity index (χ1) is 28.4. The van der Waals surface area contributed by atoms with Crippen molar-refractivity contribution in [1.82, 2.24) is 14.5 Å². The topological polar surface area (TPSA) is 50.9 Å². The predicted molar refractivity (Wildman–Crippen MR) is 221 cm³/mol. The van der Waals surface area contributed by atoms with Crippen LogP contribution in [0.5, 0.6) is 5.75 Å². The highest BCUT2D eigenvalue weighted by Crippen LogP contribution is 2.41. The smallest absolute Gasteiger partial charge is 0.149 e. The molecule has 2 aromatic heterocycles. The van der Waals surface area contributed by atoms with Crippen LogP contribution in [0.4, 0.5) is 0 Å². The van der Waals surface area contributed by atoms with Crippen molar-refractivity contribution in [1.29, 1.82) is 0 Å². The summed E-state index contributed by atoms with van der Waals surface area (Å²) in [5.41, 5.74) is 11.1. The number of nitrogens with zero attached hydrogens (tertiary/aromatic N) is 3. The molecule has 0 atom stereocenters. The van der Waals surface area contributed by atoms with E-state index in [1.807, 2.05) is 54.6 Å². The molecule has 8 aromatic rings. The van der Waals surface area contributed by atoms with Gasteiger partial charge in [-0.3, -0.25) is 9.55 Å². The molecule has 53 heavy (non-hydrogen) atoms. The van der Waals surface area contributed by atoms with Crippen LogP contribution >= 0.6 is 0 Å². The van der Waals surface area contributed by atoms with E-state index in [0.717, 1.165) is 55.7 Å². The van der Waals surface area contributed by atoms with Crippen LogP contribution in [-0.2, 0) is 5.41 Å². The second-order valence-corrected chi connectivity index (χ2v) is 14.5. The van der Waals surface area contributed by atoms with Crippen LogP contribution in [0.1, 0.15) is 52.6 Å². The SMILES string of the molecule is [2H]c1c([2H])c(C([2H])([2H])[2H])c([2H])c([2H])c1-c1ccnc(-c2cc(-c3cccc4c3nc(-c3ccccc3O)n4-c3cc(C)c(C)c(-c4ccccc4)c3)cc(C(C)(C)C)c2)c1. The summed E-state index contributed by atoms with van der Waals surface area (Å²) in [5.74, 6) is 0.698. The van der Waals surface area contributed by atoms with Crippen LogP contribution in [0.3, 0.4) is 0 Å². The minimum absolute atomic E-state index is 0.00242. The summed E-state index contributed by atoms with van der Waals surface area (Å²) in [7, 11) is 0. The van der Waals surface area contributed by atoms with E-state index in [0.29, 0.717) is 22.6 Å². The lowest BCUT2D eigenvalue weighted by atomic mass is 9.83. The van der Waals surface area contributed by atoms with Crippen LogP contribution < -0.4 is 0 Å². The number of rotatable bonds is 6. The van der Waals surface area contributed by atoms with Crippen molar-refractivity contribution in [3.8, 4) is 67.5 Å². The van der Waals surface area contributed by atoms with E-state index in [2.05, 4.69) is 75.6 Å². The molecule has 0 aliphatic heterocycles. The Labute approximate surface area is 321 Å². The van der Waals surface area contributed by atoms with Crippen LogP contribution in [0.25, 0.3) is 72.7 Å². The van der Waals surface area contributed by atoms with Gasteiger partial charge in [-0.1, -0.05) is 111 Å². The highest BCUT2D eigenvalue weighted by molar-refractivity contribution is 5.97. The summed E-state index contributed by atoms with van der Waals surface area (Å²) in [6.45, 7) is 7.83. The number of aromatic nitrogens is 3. The molecule has 0 radical (unpaired) electrons. The van der Waals surface area contributed by atoms with E-state index >= 15 is 0 Å². The lowest BCUT2D eigenvalue weighted by Gasteiger charge is -2.22. The molecule has 0 saturated heterocycles. The lowest BCUT2D eigenvalue weighted by molar-refractivity contribution is 0.477. The minimum Gasteiger partial charge on any atom is -0.507 e. The number of phenols is 1. The van der Waals surface area contributed by atoms with Crippen molar-refractivity contribution in [2.75, 3.05) is 0 Å². The van der Waals surface area contributed by atoms with E-state index in [-0.39, 0.29) is 16.7 Å². The molecule has 0 spiro atoms. The summed E-state index contributed by atoms with van der Waals surface area (Å²) < 4.78 is 60.2. The summed E-state index contributed by atoms with van der Waals surface area (Å²) in [4.78, 5) is 10.0. The monoisotopic (exact) mass is 696 g/mol. The van der Waals surface area contributed by atoms with Crippen LogP contribution in [0.15, 0.2) is 146 Å². The average Bonchev–Trinajstić information content (AvgIpc) is 3.60. The van der Waals surface area contributed by atoms with E-state index in [9.17, 15) is 5.11 Å². The third-order valence-electron chi connectivity index (χ3n) is 9.90. The van der Waals surface area contributed by atoms with Gasteiger partial charge < -0.3 is 5.11 Å². The molecule has 0 bridgehead atoms. The van der Waals surface area contributed by atoms with Gasteiger partial charge in [0.1, 0.15) is 11.6 Å². The second-order valence-electron chi connectivity index (χ2n) is 14.5. The average molecular weight is 697 g/mol. The Morgan fingerprint density at radius 2 is 1.40 bits per heavy atom. The Morgan fingerprint density at radius 3 is 2.15 bits per heavy atom. The minimum atomic E-state index is -2.81. The third kappa shape index (κ3) is 6.42. The molecule has 0 amide bonds. The summed E-state index contributed by atoms with van der Waals surface area (Å²) in [6, 6.07) is 35.5. The van der Waals surface area contributed by atoms with Crippen molar-refractivity contribution >= 4 is 11.0 Å². The number of phenolic OH excluding ortho intramolecular Hbond substituents is 1. The molecule has 0 unspecified atom stereocenters. The highest BCUT2D eigenvalue weighted by atomic mass is 16.3. The molecule has 2 heterocycles. The molecule has 260 valence electrons. The fraction of sp³-hybridized carbons (Fsp3) is 0.143. The number of pyridine rings is 1.